The van der Waals surface area contributed by atoms with Crippen molar-refractivity contribution < 1.29 is 57.4 Å². The summed E-state index contributed by atoms with van der Waals surface area (Å²) in [6, 6.07) is 0. The molecule has 0 amide bonds. The highest BCUT2D eigenvalue weighted by molar-refractivity contribution is 7.89. The summed E-state index contributed by atoms with van der Waals surface area (Å²) in [5.74, 6) is 0. The average Bonchev–Trinajstić information content (AvgIpc) is 1.90. The third-order valence-electron chi connectivity index (χ3n) is 1.82. The summed E-state index contributed by atoms with van der Waals surface area (Å²) < 4.78 is 39.2. The fourth-order valence-electron chi connectivity index (χ4n) is 1.06. The summed E-state index contributed by atoms with van der Waals surface area (Å²) in [6.07, 6.45) is -2.36. The molecule has 16 heteroatoms. The van der Waals surface area contributed by atoms with Crippen LogP contribution >= 0.6 is 30.4 Å². The Morgan fingerprint density at radius 2 is 0.833 bits per heavy atom. The third-order valence-corrected chi connectivity index (χ3v) is 11.4. The Labute approximate surface area is 99.3 Å². The van der Waals surface area contributed by atoms with Crippen LogP contribution in [0.15, 0.2) is 0 Å². The number of hydrogen-bond acceptors (Lipinski definition) is 4. The molecule has 0 fully saturated rings. The largest absolute Gasteiger partial charge is 0.356 e. The van der Waals surface area contributed by atoms with Crippen molar-refractivity contribution in [2.45, 2.75) is 4.64 Å². The van der Waals surface area contributed by atoms with Gasteiger partial charge in [0.15, 0.2) is 0 Å². The molecule has 18 heavy (non-hydrogen) atoms. The third kappa shape index (κ3) is 3.58. The van der Waals surface area contributed by atoms with Crippen LogP contribution in [0, 0.1) is 0 Å². The molecule has 0 aliphatic rings. The lowest BCUT2D eigenvalue weighted by molar-refractivity contribution is 0.297. The first-order chi connectivity index (χ1) is 7.46. The molecular weight excluding hydrogens is 340 g/mol. The van der Waals surface area contributed by atoms with Crippen LogP contribution in [0.3, 0.4) is 0 Å². The second-order valence-electron chi connectivity index (χ2n) is 3.23. The van der Waals surface area contributed by atoms with Crippen molar-refractivity contribution in [3.63, 3.8) is 0 Å². The monoisotopic (exact) mass is 350 g/mol. The minimum Gasteiger partial charge on any atom is -0.324 e. The number of rotatable bonds is 5. The maximum atomic E-state index is 11.0. The van der Waals surface area contributed by atoms with Gasteiger partial charge in [0.05, 0.1) is 6.16 Å². The molecule has 0 aromatic carbocycles. The van der Waals surface area contributed by atoms with E-state index in [0.29, 0.717) is 0 Å². The Morgan fingerprint density at radius 3 is 0.889 bits per heavy atom. The first kappa shape index (κ1) is 18.6. The SMILES string of the molecule is O=P(O)(O)CC(P(=O)(O)O)(P(=O)(O)O)P(=O)(O)O. The van der Waals surface area contributed by atoms with E-state index in [0.717, 1.165) is 0 Å². The summed E-state index contributed by atoms with van der Waals surface area (Å²) in [5, 5.41) is 0. The van der Waals surface area contributed by atoms with Gasteiger partial charge in [-0.25, -0.2) is 0 Å². The summed E-state index contributed by atoms with van der Waals surface area (Å²) in [7, 11) is -24.3. The van der Waals surface area contributed by atoms with E-state index in [1.54, 1.807) is 0 Å². The highest BCUT2D eigenvalue weighted by Gasteiger charge is 2.73. The highest BCUT2D eigenvalue weighted by atomic mass is 31.3. The van der Waals surface area contributed by atoms with Crippen molar-refractivity contribution in [2.24, 2.45) is 0 Å². The Balaban J connectivity index is 6.48. The summed E-state index contributed by atoms with van der Waals surface area (Å²) in [5.41, 5.74) is 0. The topological polar surface area (TPSA) is 230 Å². The molecule has 0 spiro atoms. The molecule has 0 aromatic rings. The van der Waals surface area contributed by atoms with Gasteiger partial charge in [0.2, 0.25) is 0 Å². The van der Waals surface area contributed by atoms with E-state index in [9.17, 15) is 18.3 Å². The smallest absolute Gasteiger partial charge is 0.324 e. The summed E-state index contributed by atoms with van der Waals surface area (Å²) in [4.78, 5) is 69.5. The van der Waals surface area contributed by atoms with Crippen LogP contribution in [0.1, 0.15) is 0 Å². The zero-order valence-electron chi connectivity index (χ0n) is 8.21. The Bertz CT molecular complexity index is 439. The van der Waals surface area contributed by atoms with Gasteiger partial charge >= 0.3 is 30.4 Å². The number of hydrogen-bond donors (Lipinski definition) is 8. The lowest BCUT2D eigenvalue weighted by Gasteiger charge is -2.34. The quantitative estimate of drug-likeness (QED) is 0.261. The van der Waals surface area contributed by atoms with Crippen molar-refractivity contribution in [3.8, 4) is 0 Å². The van der Waals surface area contributed by atoms with E-state index < -0.39 is 41.2 Å². The fraction of sp³-hybridized carbons (Fsp3) is 1.00. The molecule has 0 rings (SSSR count). The van der Waals surface area contributed by atoms with Crippen molar-refractivity contribution in [2.75, 3.05) is 6.16 Å². The first-order valence-electron chi connectivity index (χ1n) is 3.67. The van der Waals surface area contributed by atoms with Crippen LogP contribution in [-0.2, 0) is 18.3 Å². The zero-order chi connectivity index (χ0) is 15.2. The molecule has 0 radical (unpaired) electrons. The Kier molecular flexibility index (Phi) is 5.02. The first-order valence-corrected chi connectivity index (χ1v) is 10.3. The van der Waals surface area contributed by atoms with Crippen molar-refractivity contribution in [1.29, 1.82) is 0 Å². The molecule has 0 bridgehead atoms. The lowest BCUT2D eigenvalue weighted by Crippen LogP contribution is -2.33. The van der Waals surface area contributed by atoms with Gasteiger partial charge in [-0.15, -0.1) is 0 Å². The van der Waals surface area contributed by atoms with E-state index in [1.165, 1.54) is 0 Å². The molecule has 0 atom stereocenters. The van der Waals surface area contributed by atoms with Gasteiger partial charge < -0.3 is 39.1 Å². The van der Waals surface area contributed by atoms with E-state index in [2.05, 4.69) is 0 Å². The molecule has 0 aromatic heterocycles. The molecule has 0 unspecified atom stereocenters. The molecule has 8 N–H and O–H groups in total. The molecule has 12 nitrogen and oxygen atoms in total. The predicted molar refractivity (Wildman–Crippen MR) is 55.8 cm³/mol. The standard InChI is InChI=1S/C2H10O12P4/c3-15(4,5)1-2(16(6,7)8,17(9,10)11)18(12,13)14/h1H2,(H2,3,4,5)(H2,6,7,8)(H2,9,10,11)(H2,12,13,14). The minimum absolute atomic E-state index is 2.36. The fourth-order valence-corrected chi connectivity index (χ4v) is 9.56. The van der Waals surface area contributed by atoms with E-state index in [-0.39, 0.29) is 0 Å². The lowest BCUT2D eigenvalue weighted by atomic mass is 10.9. The van der Waals surface area contributed by atoms with Gasteiger partial charge in [-0.05, 0) is 0 Å². The van der Waals surface area contributed by atoms with Gasteiger partial charge in [0, 0.05) is 0 Å². The highest BCUT2D eigenvalue weighted by Crippen LogP contribution is 2.84. The van der Waals surface area contributed by atoms with Gasteiger partial charge in [0.25, 0.3) is 4.64 Å². The average molecular weight is 350 g/mol. The Hall–Kier alpha value is 0.600. The normalized spacial score (nSPS) is 15.8. The van der Waals surface area contributed by atoms with Crippen LogP contribution < -0.4 is 0 Å². The maximum Gasteiger partial charge on any atom is 0.356 e. The predicted octanol–water partition coefficient (Wildman–Crippen LogP) is -1.65. The van der Waals surface area contributed by atoms with Crippen LogP contribution in [0.4, 0.5) is 0 Å². The van der Waals surface area contributed by atoms with Crippen molar-refractivity contribution in [1.82, 2.24) is 0 Å². The van der Waals surface area contributed by atoms with Crippen LogP contribution in [0.5, 0.6) is 0 Å². The van der Waals surface area contributed by atoms with Crippen molar-refractivity contribution >= 4 is 30.4 Å². The van der Waals surface area contributed by atoms with E-state index in [1.807, 2.05) is 0 Å². The van der Waals surface area contributed by atoms with E-state index >= 15 is 0 Å². The minimum atomic E-state index is -6.26. The van der Waals surface area contributed by atoms with Gasteiger partial charge in [-0.3, -0.25) is 18.3 Å². The molecular formula is C2H10O12P4. The maximum absolute atomic E-state index is 11.0. The molecule has 0 saturated carbocycles. The second-order valence-corrected chi connectivity index (χ2v) is 11.5. The Morgan fingerprint density at radius 1 is 0.611 bits per heavy atom. The van der Waals surface area contributed by atoms with Gasteiger partial charge in [0.1, 0.15) is 0 Å². The molecule has 0 aliphatic carbocycles. The van der Waals surface area contributed by atoms with Crippen LogP contribution in [0.25, 0.3) is 0 Å². The van der Waals surface area contributed by atoms with Gasteiger partial charge in [-0.2, -0.15) is 0 Å². The van der Waals surface area contributed by atoms with E-state index in [4.69, 9.17) is 39.1 Å². The second kappa shape index (κ2) is 4.86. The summed E-state index contributed by atoms with van der Waals surface area (Å²) in [6.45, 7) is 0. The molecule has 0 aliphatic heterocycles. The molecule has 110 valence electrons. The molecule has 0 heterocycles. The van der Waals surface area contributed by atoms with Gasteiger partial charge in [-0.1, -0.05) is 0 Å². The summed E-state index contributed by atoms with van der Waals surface area (Å²) >= 11 is 0. The molecule has 0 saturated heterocycles. The zero-order valence-corrected chi connectivity index (χ0v) is 11.8. The van der Waals surface area contributed by atoms with Crippen LogP contribution in [0.2, 0.25) is 0 Å². The van der Waals surface area contributed by atoms with Crippen LogP contribution in [-0.4, -0.2) is 49.9 Å². The van der Waals surface area contributed by atoms with Crippen molar-refractivity contribution in [3.05, 3.63) is 0 Å².